The van der Waals surface area contributed by atoms with Crippen LogP contribution in [0.2, 0.25) is 0 Å². The molecule has 2 amide bonds. The predicted octanol–water partition coefficient (Wildman–Crippen LogP) is 3.45. The molecule has 3 fully saturated rings. The van der Waals surface area contributed by atoms with Gasteiger partial charge in [0.2, 0.25) is 11.8 Å². The molecule has 2 unspecified atom stereocenters. The van der Waals surface area contributed by atoms with Gasteiger partial charge < -0.3 is 9.80 Å². The van der Waals surface area contributed by atoms with Gasteiger partial charge in [-0.3, -0.25) is 9.59 Å². The molecule has 4 nitrogen and oxygen atoms in total. The molecule has 2 aliphatic heterocycles. The van der Waals surface area contributed by atoms with Gasteiger partial charge in [-0.1, -0.05) is 26.2 Å². The number of piperidine rings is 2. The maximum Gasteiger partial charge on any atom is 0.222 e. The van der Waals surface area contributed by atoms with E-state index in [1.165, 1.54) is 32.1 Å². The minimum Gasteiger partial charge on any atom is -0.343 e. The predicted molar refractivity (Wildman–Crippen MR) is 95.5 cm³/mol. The first kappa shape index (κ1) is 17.8. The van der Waals surface area contributed by atoms with Crippen LogP contribution >= 0.6 is 0 Å². The van der Waals surface area contributed by atoms with Crippen LogP contribution in [0, 0.1) is 17.8 Å². The standard InChI is InChI=1S/C20H34N2O2/c1-16-9-12-21(13-10-16)19(23)7-4-8-20(24)22-14-11-17-5-2-3-6-18(17)15-22/h16-18H,2-15H2,1H3. The molecule has 2 atom stereocenters. The van der Waals surface area contributed by atoms with Crippen LogP contribution < -0.4 is 0 Å². The minimum atomic E-state index is 0.251. The van der Waals surface area contributed by atoms with Crippen LogP contribution in [0.5, 0.6) is 0 Å². The fourth-order valence-electron chi connectivity index (χ4n) is 4.79. The summed E-state index contributed by atoms with van der Waals surface area (Å²) < 4.78 is 0. The lowest BCUT2D eigenvalue weighted by Crippen LogP contribution is -2.44. The van der Waals surface area contributed by atoms with Crippen LogP contribution in [0.15, 0.2) is 0 Å². The Morgan fingerprint density at radius 1 is 0.792 bits per heavy atom. The van der Waals surface area contributed by atoms with E-state index < -0.39 is 0 Å². The van der Waals surface area contributed by atoms with Crippen LogP contribution in [0.1, 0.15) is 71.1 Å². The summed E-state index contributed by atoms with van der Waals surface area (Å²) >= 11 is 0. The van der Waals surface area contributed by atoms with Crippen molar-refractivity contribution < 1.29 is 9.59 Å². The summed E-state index contributed by atoms with van der Waals surface area (Å²) in [5.74, 6) is 2.89. The Morgan fingerprint density at radius 2 is 1.38 bits per heavy atom. The Morgan fingerprint density at radius 3 is 2.08 bits per heavy atom. The summed E-state index contributed by atoms with van der Waals surface area (Å²) in [7, 11) is 0. The lowest BCUT2D eigenvalue weighted by atomic mass is 9.75. The Hall–Kier alpha value is -1.06. The molecule has 1 aliphatic carbocycles. The van der Waals surface area contributed by atoms with Gasteiger partial charge in [-0.25, -0.2) is 0 Å². The fraction of sp³-hybridized carbons (Fsp3) is 0.900. The van der Waals surface area contributed by atoms with E-state index in [4.69, 9.17) is 0 Å². The van der Waals surface area contributed by atoms with Gasteiger partial charge in [0.1, 0.15) is 0 Å². The molecule has 0 spiro atoms. The fourth-order valence-corrected chi connectivity index (χ4v) is 4.79. The van der Waals surface area contributed by atoms with Crippen LogP contribution in [-0.2, 0) is 9.59 Å². The number of carbonyl (C=O) groups excluding carboxylic acids is 2. The third kappa shape index (κ3) is 4.52. The van der Waals surface area contributed by atoms with Crippen LogP contribution in [-0.4, -0.2) is 47.8 Å². The van der Waals surface area contributed by atoms with Crippen molar-refractivity contribution in [1.82, 2.24) is 9.80 Å². The average molecular weight is 335 g/mol. The summed E-state index contributed by atoms with van der Waals surface area (Å²) in [6.07, 6.45) is 10.7. The first-order valence-electron chi connectivity index (χ1n) is 10.2. The van der Waals surface area contributed by atoms with Crippen molar-refractivity contribution in [3.8, 4) is 0 Å². The molecular weight excluding hydrogens is 300 g/mol. The van der Waals surface area contributed by atoms with Gasteiger partial charge in [-0.05, 0) is 49.9 Å². The molecule has 4 heteroatoms. The first-order valence-corrected chi connectivity index (χ1v) is 10.2. The van der Waals surface area contributed by atoms with E-state index in [-0.39, 0.29) is 11.8 Å². The SMILES string of the molecule is CC1CCN(C(=O)CCCC(=O)N2CCC3CCCCC3C2)CC1. The number of likely N-dealkylation sites (tertiary alicyclic amines) is 2. The molecule has 0 radical (unpaired) electrons. The van der Waals surface area contributed by atoms with Crippen molar-refractivity contribution in [2.24, 2.45) is 17.8 Å². The van der Waals surface area contributed by atoms with Gasteiger partial charge in [0.15, 0.2) is 0 Å². The van der Waals surface area contributed by atoms with Gasteiger partial charge in [-0.2, -0.15) is 0 Å². The summed E-state index contributed by atoms with van der Waals surface area (Å²) in [4.78, 5) is 28.8. The normalized spacial score (nSPS) is 28.5. The highest BCUT2D eigenvalue weighted by Gasteiger charge is 2.32. The maximum atomic E-state index is 12.5. The highest BCUT2D eigenvalue weighted by atomic mass is 16.2. The number of carbonyl (C=O) groups is 2. The summed E-state index contributed by atoms with van der Waals surface area (Å²) in [5, 5.41) is 0. The Kier molecular flexibility index (Phi) is 6.18. The Bertz CT molecular complexity index is 443. The molecular formula is C20H34N2O2. The van der Waals surface area contributed by atoms with Gasteiger partial charge in [-0.15, -0.1) is 0 Å². The number of hydrogen-bond acceptors (Lipinski definition) is 2. The molecule has 0 aromatic rings. The third-order valence-corrected chi connectivity index (χ3v) is 6.56. The van der Waals surface area contributed by atoms with Crippen LogP contribution in [0.4, 0.5) is 0 Å². The number of amides is 2. The Balaban J connectivity index is 1.36. The third-order valence-electron chi connectivity index (χ3n) is 6.56. The zero-order valence-corrected chi connectivity index (χ0v) is 15.3. The monoisotopic (exact) mass is 334 g/mol. The number of nitrogens with zero attached hydrogens (tertiary/aromatic N) is 2. The highest BCUT2D eigenvalue weighted by molar-refractivity contribution is 5.79. The van der Waals surface area contributed by atoms with Gasteiger partial charge in [0.05, 0.1) is 0 Å². The maximum absolute atomic E-state index is 12.5. The zero-order chi connectivity index (χ0) is 16.9. The van der Waals surface area contributed by atoms with Gasteiger partial charge in [0.25, 0.3) is 0 Å². The summed E-state index contributed by atoms with van der Waals surface area (Å²) in [5.41, 5.74) is 0. The second-order valence-corrected chi connectivity index (χ2v) is 8.35. The Labute approximate surface area is 146 Å². The van der Waals surface area contributed by atoms with Crippen molar-refractivity contribution in [2.75, 3.05) is 26.2 Å². The molecule has 2 saturated heterocycles. The minimum absolute atomic E-state index is 0.251. The summed E-state index contributed by atoms with van der Waals surface area (Å²) in [6, 6.07) is 0. The molecule has 0 aromatic heterocycles. The quantitative estimate of drug-likeness (QED) is 0.790. The first-order chi connectivity index (χ1) is 11.6. The second kappa shape index (κ2) is 8.35. The molecule has 2 heterocycles. The number of fused-ring (bicyclic) bond motifs is 1. The van der Waals surface area contributed by atoms with E-state index in [1.54, 1.807) is 0 Å². The number of rotatable bonds is 4. The van der Waals surface area contributed by atoms with Crippen molar-refractivity contribution in [3.05, 3.63) is 0 Å². The molecule has 1 saturated carbocycles. The second-order valence-electron chi connectivity index (χ2n) is 8.35. The average Bonchev–Trinajstić information content (AvgIpc) is 2.61. The topological polar surface area (TPSA) is 40.6 Å². The van der Waals surface area contributed by atoms with E-state index in [9.17, 15) is 9.59 Å². The van der Waals surface area contributed by atoms with Gasteiger partial charge in [0, 0.05) is 39.0 Å². The van der Waals surface area contributed by atoms with E-state index >= 15 is 0 Å². The van der Waals surface area contributed by atoms with Crippen molar-refractivity contribution >= 4 is 11.8 Å². The van der Waals surface area contributed by atoms with Crippen molar-refractivity contribution in [1.29, 1.82) is 0 Å². The van der Waals surface area contributed by atoms with E-state index in [0.717, 1.165) is 56.8 Å². The lowest BCUT2D eigenvalue weighted by molar-refractivity contribution is -0.135. The summed E-state index contributed by atoms with van der Waals surface area (Å²) in [6.45, 7) is 5.99. The van der Waals surface area contributed by atoms with E-state index in [2.05, 4.69) is 11.8 Å². The van der Waals surface area contributed by atoms with Crippen LogP contribution in [0.25, 0.3) is 0 Å². The van der Waals surface area contributed by atoms with Crippen molar-refractivity contribution in [3.63, 3.8) is 0 Å². The zero-order valence-electron chi connectivity index (χ0n) is 15.3. The molecule has 0 N–H and O–H groups in total. The smallest absolute Gasteiger partial charge is 0.222 e. The van der Waals surface area contributed by atoms with Crippen molar-refractivity contribution in [2.45, 2.75) is 71.1 Å². The molecule has 0 bridgehead atoms. The highest BCUT2D eigenvalue weighted by Crippen LogP contribution is 2.36. The molecule has 3 rings (SSSR count). The molecule has 0 aromatic carbocycles. The van der Waals surface area contributed by atoms with Gasteiger partial charge >= 0.3 is 0 Å². The lowest BCUT2D eigenvalue weighted by Gasteiger charge is -2.41. The number of hydrogen-bond donors (Lipinski definition) is 0. The van der Waals surface area contributed by atoms with Crippen LogP contribution in [0.3, 0.4) is 0 Å². The molecule has 24 heavy (non-hydrogen) atoms. The van der Waals surface area contributed by atoms with E-state index in [1.807, 2.05) is 4.90 Å². The largest absolute Gasteiger partial charge is 0.343 e. The molecule has 3 aliphatic rings. The molecule has 136 valence electrons. The van der Waals surface area contributed by atoms with E-state index in [0.29, 0.717) is 19.3 Å².